The van der Waals surface area contributed by atoms with Crippen molar-refractivity contribution in [1.82, 2.24) is 30.5 Å². The topological polar surface area (TPSA) is 154 Å². The fourth-order valence-corrected chi connectivity index (χ4v) is 6.80. The van der Waals surface area contributed by atoms with Gasteiger partial charge in [-0.25, -0.2) is 14.8 Å². The highest BCUT2D eigenvalue weighted by Crippen LogP contribution is 2.38. The predicted molar refractivity (Wildman–Crippen MR) is 196 cm³/mol. The molecule has 0 bridgehead atoms. The smallest absolute Gasteiger partial charge is 0.453 e. The molecule has 2 aliphatic rings. The molecule has 286 valence electrons. The molecule has 4 heterocycles. The number of halogens is 3. The van der Waals surface area contributed by atoms with Gasteiger partial charge in [-0.15, -0.1) is 13.2 Å². The number of H-pyrrole nitrogens is 1. The van der Waals surface area contributed by atoms with Crippen LogP contribution < -0.4 is 25.6 Å². The number of amides is 3. The van der Waals surface area contributed by atoms with Crippen molar-refractivity contribution in [3.05, 3.63) is 78.4 Å². The van der Waals surface area contributed by atoms with Crippen LogP contribution in [0.1, 0.15) is 55.8 Å². The van der Waals surface area contributed by atoms with Gasteiger partial charge in [0.15, 0.2) is 0 Å². The highest BCUT2D eigenvalue weighted by atomic mass is 19.4. The zero-order valence-electron chi connectivity index (χ0n) is 30.4. The van der Waals surface area contributed by atoms with Crippen molar-refractivity contribution < 1.29 is 37.0 Å². The molecule has 2 aromatic heterocycles. The molecule has 0 radical (unpaired) electrons. The van der Waals surface area contributed by atoms with Crippen LogP contribution in [-0.4, -0.2) is 89.5 Å². The molecule has 13 nitrogen and oxygen atoms in total. The van der Waals surface area contributed by atoms with E-state index >= 15 is 0 Å². The number of aromatic amines is 1. The van der Waals surface area contributed by atoms with Gasteiger partial charge in [0.05, 0.1) is 30.6 Å². The van der Waals surface area contributed by atoms with Crippen LogP contribution in [0.4, 0.5) is 29.5 Å². The fraction of sp³-hybridized carbons (Fsp3) is 0.395. The molecule has 2 aromatic carbocycles. The van der Waals surface area contributed by atoms with E-state index in [1.54, 1.807) is 47.5 Å². The Bertz CT molecular complexity index is 1950. The summed E-state index contributed by atoms with van der Waals surface area (Å²) in [6.07, 6.45) is -1.14. The maximum absolute atomic E-state index is 13.6. The van der Waals surface area contributed by atoms with Crippen molar-refractivity contribution >= 4 is 29.4 Å². The number of methoxy groups -OCH3 is 1. The summed E-state index contributed by atoms with van der Waals surface area (Å²) in [7, 11) is 1.24. The van der Waals surface area contributed by atoms with Gasteiger partial charge < -0.3 is 40.2 Å². The van der Waals surface area contributed by atoms with E-state index in [2.05, 4.69) is 47.5 Å². The molecular formula is C38H43F3N8O5. The third kappa shape index (κ3) is 8.76. The number of alkyl carbamates (subject to hydrolysis) is 1. The molecule has 3 amide bonds. The Kier molecular flexibility index (Phi) is 11.4. The largest absolute Gasteiger partial charge is 0.573 e. The molecule has 4 aromatic rings. The van der Waals surface area contributed by atoms with Crippen LogP contribution in [0.3, 0.4) is 0 Å². The van der Waals surface area contributed by atoms with Gasteiger partial charge in [-0.3, -0.25) is 9.59 Å². The third-order valence-electron chi connectivity index (χ3n) is 9.62. The van der Waals surface area contributed by atoms with Crippen molar-refractivity contribution in [3.8, 4) is 28.1 Å². The molecule has 2 fully saturated rings. The number of rotatable bonds is 10. The monoisotopic (exact) mass is 748 g/mol. The van der Waals surface area contributed by atoms with E-state index in [-0.39, 0.29) is 40.7 Å². The first-order valence-corrected chi connectivity index (χ1v) is 17.8. The number of aromatic nitrogens is 3. The van der Waals surface area contributed by atoms with E-state index in [0.717, 1.165) is 37.9 Å². The summed E-state index contributed by atoms with van der Waals surface area (Å²) in [6.45, 7) is 8.70. The van der Waals surface area contributed by atoms with Gasteiger partial charge in [0, 0.05) is 55.7 Å². The average Bonchev–Trinajstić information content (AvgIpc) is 3.84. The molecule has 6 rings (SSSR count). The summed E-state index contributed by atoms with van der Waals surface area (Å²) in [6, 6.07) is 13.4. The van der Waals surface area contributed by atoms with E-state index in [1.165, 1.54) is 25.4 Å². The van der Waals surface area contributed by atoms with Gasteiger partial charge in [-0.1, -0.05) is 38.1 Å². The van der Waals surface area contributed by atoms with Crippen LogP contribution in [0.15, 0.2) is 67.0 Å². The number of piperazine rings is 1. The van der Waals surface area contributed by atoms with Crippen molar-refractivity contribution in [1.29, 1.82) is 0 Å². The van der Waals surface area contributed by atoms with Crippen LogP contribution in [0.5, 0.6) is 5.75 Å². The van der Waals surface area contributed by atoms with Crippen LogP contribution in [0.25, 0.3) is 22.4 Å². The van der Waals surface area contributed by atoms with E-state index in [9.17, 15) is 27.6 Å². The van der Waals surface area contributed by atoms with E-state index in [0.29, 0.717) is 35.6 Å². The van der Waals surface area contributed by atoms with E-state index in [4.69, 9.17) is 4.74 Å². The van der Waals surface area contributed by atoms with Gasteiger partial charge in [0.25, 0.3) is 5.91 Å². The number of carbonyl (C=O) groups excluding carboxylic acids is 3. The highest BCUT2D eigenvalue weighted by molar-refractivity contribution is 6.04. The Balaban J connectivity index is 1.17. The summed E-state index contributed by atoms with van der Waals surface area (Å²) in [5, 5.41) is 8.60. The number of hydrogen-bond donors (Lipinski definition) is 4. The lowest BCUT2D eigenvalue weighted by molar-refractivity contribution is -0.274. The van der Waals surface area contributed by atoms with Crippen molar-refractivity contribution in [3.63, 3.8) is 0 Å². The summed E-state index contributed by atoms with van der Waals surface area (Å²) in [4.78, 5) is 54.6. The minimum atomic E-state index is -4.98. The second kappa shape index (κ2) is 16.2. The lowest BCUT2D eigenvalue weighted by Gasteiger charge is -2.34. The number of likely N-dealkylation sites (tertiary alicyclic amines) is 1. The Morgan fingerprint density at radius 3 is 2.41 bits per heavy atom. The number of hydrogen-bond acceptors (Lipinski definition) is 9. The number of pyridine rings is 1. The lowest BCUT2D eigenvalue weighted by Crippen LogP contribution is -2.51. The van der Waals surface area contributed by atoms with E-state index in [1.807, 2.05) is 13.8 Å². The first-order valence-electron chi connectivity index (χ1n) is 17.8. The SMILES string of the molecule is COC(=O)N[C@H](C(=O)N1CCC[C@H]1c1ncc(-c2ccc(-c3ccc(NC(=O)c4ccc(N5CCNC[C@H]5C)nc4)cc3OC(F)(F)F)cc2)[nH]1)C(C)C. The zero-order chi connectivity index (χ0) is 38.6. The molecule has 4 N–H and O–H groups in total. The molecule has 16 heteroatoms. The normalized spacial score (nSPS) is 18.0. The quantitative estimate of drug-likeness (QED) is 0.150. The Hall–Kier alpha value is -5.64. The van der Waals surface area contributed by atoms with Crippen LogP contribution >= 0.6 is 0 Å². The minimum Gasteiger partial charge on any atom is -0.453 e. The van der Waals surface area contributed by atoms with Crippen molar-refractivity contribution in [2.45, 2.75) is 58.1 Å². The number of nitrogens with zero attached hydrogens (tertiary/aromatic N) is 4. The molecule has 2 aliphatic heterocycles. The minimum absolute atomic E-state index is 0.115. The predicted octanol–water partition coefficient (Wildman–Crippen LogP) is 6.13. The standard InChI is InChI=1S/C38H43F3N8O5/c1-22(2)33(47-37(52)53-4)36(51)49-16-5-6-30(49)34-44-21-29(46-34)25-9-7-24(8-10-25)28-13-12-27(18-31(28)54-38(39,40)41)45-35(50)26-11-14-32(43-20-26)48-17-15-42-19-23(48)3/h7-14,18,20-23,30,33,42H,5-6,15-17,19H2,1-4H3,(H,44,46)(H,45,50)(H,47,52)/t23-,30+,33+/m1/s1. The molecule has 2 saturated heterocycles. The average molecular weight is 749 g/mol. The number of alkyl halides is 3. The molecule has 0 unspecified atom stereocenters. The summed E-state index contributed by atoms with van der Waals surface area (Å²) < 4.78 is 49.9. The molecule has 0 saturated carbocycles. The third-order valence-corrected chi connectivity index (χ3v) is 9.62. The Morgan fingerprint density at radius 2 is 1.74 bits per heavy atom. The van der Waals surface area contributed by atoms with Crippen LogP contribution in [-0.2, 0) is 9.53 Å². The molecule has 54 heavy (non-hydrogen) atoms. The second-order valence-corrected chi connectivity index (χ2v) is 13.7. The molecule has 0 aliphatic carbocycles. The van der Waals surface area contributed by atoms with Crippen molar-refractivity contribution in [2.75, 3.05) is 43.5 Å². The van der Waals surface area contributed by atoms with Gasteiger partial charge in [0.1, 0.15) is 23.4 Å². The fourth-order valence-electron chi connectivity index (χ4n) is 6.80. The van der Waals surface area contributed by atoms with Crippen molar-refractivity contribution in [2.24, 2.45) is 5.92 Å². The maximum atomic E-state index is 13.6. The first kappa shape index (κ1) is 38.1. The van der Waals surface area contributed by atoms with Gasteiger partial charge in [-0.2, -0.15) is 0 Å². The first-order chi connectivity index (χ1) is 25.8. The van der Waals surface area contributed by atoms with Gasteiger partial charge in [-0.05, 0) is 61.1 Å². The molecular weight excluding hydrogens is 705 g/mol. The lowest BCUT2D eigenvalue weighted by atomic mass is 10.0. The van der Waals surface area contributed by atoms with Crippen LogP contribution in [0.2, 0.25) is 0 Å². The summed E-state index contributed by atoms with van der Waals surface area (Å²) >= 11 is 0. The maximum Gasteiger partial charge on any atom is 0.573 e. The number of carbonyl (C=O) groups is 3. The number of anilines is 2. The van der Waals surface area contributed by atoms with Gasteiger partial charge in [0.2, 0.25) is 5.91 Å². The van der Waals surface area contributed by atoms with Gasteiger partial charge >= 0.3 is 12.5 Å². The highest BCUT2D eigenvalue weighted by Gasteiger charge is 2.37. The number of benzene rings is 2. The number of imidazole rings is 1. The number of ether oxygens (including phenoxy) is 2. The van der Waals surface area contributed by atoms with Crippen LogP contribution in [0, 0.1) is 5.92 Å². The van der Waals surface area contributed by atoms with E-state index < -0.39 is 30.2 Å². The Morgan fingerprint density at radius 1 is 0.981 bits per heavy atom. The Labute approximate surface area is 310 Å². The molecule has 3 atom stereocenters. The number of nitrogens with one attached hydrogen (secondary N) is 4. The summed E-state index contributed by atoms with van der Waals surface area (Å²) in [5.41, 5.74) is 2.35. The summed E-state index contributed by atoms with van der Waals surface area (Å²) in [5.74, 6) is -0.0880. The zero-order valence-corrected chi connectivity index (χ0v) is 30.4. The molecule has 0 spiro atoms. The second-order valence-electron chi connectivity index (χ2n) is 13.7.